The van der Waals surface area contributed by atoms with Gasteiger partial charge in [-0.3, -0.25) is 4.79 Å². The first-order valence-electron chi connectivity index (χ1n) is 9.73. The maximum absolute atomic E-state index is 12.5. The molecule has 10 heteroatoms. The second-order valence-corrected chi connectivity index (χ2v) is 9.85. The van der Waals surface area contributed by atoms with Crippen molar-refractivity contribution in [2.24, 2.45) is 5.41 Å². The van der Waals surface area contributed by atoms with E-state index in [0.29, 0.717) is 18.3 Å². The van der Waals surface area contributed by atoms with E-state index in [1.165, 1.54) is 35.4 Å². The molecule has 2 heterocycles. The summed E-state index contributed by atoms with van der Waals surface area (Å²) in [5.41, 5.74) is 0.145. The normalized spacial score (nSPS) is 15.2. The highest BCUT2D eigenvalue weighted by Gasteiger charge is 2.32. The Hall–Kier alpha value is -2.91. The second-order valence-electron chi connectivity index (χ2n) is 7.81. The van der Waals surface area contributed by atoms with E-state index < -0.39 is 15.9 Å². The highest BCUT2D eigenvalue weighted by molar-refractivity contribution is 7.90. The molecule has 1 fully saturated rings. The molecule has 0 spiro atoms. The Kier molecular flexibility index (Phi) is 5.72. The first-order chi connectivity index (χ1) is 14.8. The van der Waals surface area contributed by atoms with E-state index in [0.717, 1.165) is 12.8 Å². The van der Waals surface area contributed by atoms with Gasteiger partial charge in [0.1, 0.15) is 5.15 Å². The topological polar surface area (TPSA) is 103 Å². The van der Waals surface area contributed by atoms with Crippen molar-refractivity contribution in [3.63, 3.8) is 0 Å². The van der Waals surface area contributed by atoms with E-state index in [4.69, 9.17) is 16.3 Å². The standard InChI is InChI=1S/C21H21ClN4O4S/c1-21(11-5-12-21)14-30-18-10-13-26(24-18)17-9-8-16(19(22)23-17)20(27)25-31(28,29)15-6-3-2-4-7-15/h2-4,6-10,13H,5,11-12,14H2,1H3,(H,25,27). The molecule has 3 aromatic rings. The molecule has 1 aliphatic carbocycles. The molecular formula is C21H21ClN4O4S. The summed E-state index contributed by atoms with van der Waals surface area (Å²) in [6.45, 7) is 2.80. The third-order valence-electron chi connectivity index (χ3n) is 5.29. The summed E-state index contributed by atoms with van der Waals surface area (Å²) in [5, 5.41) is 4.19. The van der Waals surface area contributed by atoms with E-state index in [1.807, 2.05) is 4.72 Å². The zero-order chi connectivity index (χ0) is 22.1. The van der Waals surface area contributed by atoms with Crippen LogP contribution in [0.3, 0.4) is 0 Å². The van der Waals surface area contributed by atoms with Gasteiger partial charge in [-0.1, -0.05) is 43.1 Å². The second kappa shape index (κ2) is 8.32. The zero-order valence-electron chi connectivity index (χ0n) is 16.8. The summed E-state index contributed by atoms with van der Waals surface area (Å²) in [7, 11) is -4.02. The van der Waals surface area contributed by atoms with Crippen molar-refractivity contribution in [2.45, 2.75) is 31.1 Å². The van der Waals surface area contributed by atoms with Gasteiger partial charge in [0, 0.05) is 17.7 Å². The van der Waals surface area contributed by atoms with Crippen LogP contribution in [0, 0.1) is 5.41 Å². The smallest absolute Gasteiger partial charge is 0.268 e. The minimum absolute atomic E-state index is 0.0242. The van der Waals surface area contributed by atoms with E-state index in [9.17, 15) is 13.2 Å². The minimum atomic E-state index is -4.02. The molecule has 0 radical (unpaired) electrons. The molecule has 1 amide bonds. The van der Waals surface area contributed by atoms with Gasteiger partial charge < -0.3 is 4.74 Å². The Morgan fingerprint density at radius 2 is 1.94 bits per heavy atom. The van der Waals surface area contributed by atoms with Crippen LogP contribution in [0.2, 0.25) is 5.15 Å². The van der Waals surface area contributed by atoms with Crippen LogP contribution in [0.4, 0.5) is 0 Å². The number of halogens is 1. The SMILES string of the molecule is CC1(COc2ccn(-c3ccc(C(=O)NS(=O)(=O)c4ccccc4)c(Cl)n3)n2)CCC1. The van der Waals surface area contributed by atoms with Crippen LogP contribution in [0.15, 0.2) is 59.6 Å². The number of aromatic nitrogens is 3. The van der Waals surface area contributed by atoms with Crippen LogP contribution >= 0.6 is 11.6 Å². The minimum Gasteiger partial charge on any atom is -0.476 e. The third-order valence-corrected chi connectivity index (χ3v) is 6.92. The number of nitrogens with one attached hydrogen (secondary N) is 1. The predicted molar refractivity (Wildman–Crippen MR) is 115 cm³/mol. The first kappa shape index (κ1) is 21.3. The number of benzene rings is 1. The van der Waals surface area contributed by atoms with Crippen LogP contribution in [-0.2, 0) is 10.0 Å². The fraction of sp³-hybridized carbons (Fsp3) is 0.286. The summed E-state index contributed by atoms with van der Waals surface area (Å²) in [6, 6.07) is 12.2. The molecule has 162 valence electrons. The lowest BCUT2D eigenvalue weighted by Crippen LogP contribution is -2.32. The molecular weight excluding hydrogens is 440 g/mol. The lowest BCUT2D eigenvalue weighted by Gasteiger charge is -2.37. The van der Waals surface area contributed by atoms with Crippen LogP contribution in [-0.4, -0.2) is 35.7 Å². The molecule has 0 saturated heterocycles. The Bertz CT molecular complexity index is 1210. The lowest BCUT2D eigenvalue weighted by atomic mass is 9.71. The molecule has 0 unspecified atom stereocenters. The molecule has 8 nitrogen and oxygen atoms in total. The Morgan fingerprint density at radius 3 is 2.58 bits per heavy atom. The number of carbonyl (C=O) groups is 1. The van der Waals surface area contributed by atoms with Gasteiger partial charge in [0.25, 0.3) is 15.9 Å². The van der Waals surface area contributed by atoms with Gasteiger partial charge in [-0.2, -0.15) is 0 Å². The summed E-state index contributed by atoms with van der Waals surface area (Å²) in [5.74, 6) is -0.0230. The van der Waals surface area contributed by atoms with Gasteiger partial charge in [0.05, 0.1) is 17.1 Å². The molecule has 1 aliphatic rings. The highest BCUT2D eigenvalue weighted by atomic mass is 35.5. The van der Waals surface area contributed by atoms with Crippen molar-refractivity contribution < 1.29 is 17.9 Å². The third kappa shape index (κ3) is 4.72. The molecule has 31 heavy (non-hydrogen) atoms. The van der Waals surface area contributed by atoms with E-state index >= 15 is 0 Å². The maximum atomic E-state index is 12.5. The number of carbonyl (C=O) groups excluding carboxylic acids is 1. The first-order valence-corrected chi connectivity index (χ1v) is 11.6. The number of sulfonamides is 1. The largest absolute Gasteiger partial charge is 0.476 e. The number of nitrogens with zero attached hydrogens (tertiary/aromatic N) is 3. The number of ether oxygens (including phenoxy) is 1. The number of hydrogen-bond acceptors (Lipinski definition) is 6. The van der Waals surface area contributed by atoms with Gasteiger partial charge >= 0.3 is 0 Å². The molecule has 4 rings (SSSR count). The average Bonchev–Trinajstić information content (AvgIpc) is 3.20. The van der Waals surface area contributed by atoms with E-state index in [1.54, 1.807) is 30.5 Å². The molecule has 0 atom stereocenters. The molecule has 2 aromatic heterocycles. The maximum Gasteiger partial charge on any atom is 0.268 e. The number of pyridine rings is 1. The highest BCUT2D eigenvalue weighted by Crippen LogP contribution is 2.40. The van der Waals surface area contributed by atoms with Crippen molar-refractivity contribution in [3.8, 4) is 11.7 Å². The van der Waals surface area contributed by atoms with Gasteiger partial charge in [-0.25, -0.2) is 22.8 Å². The van der Waals surface area contributed by atoms with Crippen molar-refractivity contribution in [3.05, 3.63) is 65.4 Å². The lowest BCUT2D eigenvalue weighted by molar-refractivity contribution is 0.0747. The van der Waals surface area contributed by atoms with Crippen molar-refractivity contribution >= 4 is 27.5 Å². The van der Waals surface area contributed by atoms with Gasteiger partial charge in [0.15, 0.2) is 5.82 Å². The fourth-order valence-electron chi connectivity index (χ4n) is 3.24. The summed E-state index contributed by atoms with van der Waals surface area (Å²) >= 11 is 6.16. The summed E-state index contributed by atoms with van der Waals surface area (Å²) < 4.78 is 34.0. The van der Waals surface area contributed by atoms with E-state index in [2.05, 4.69) is 17.0 Å². The average molecular weight is 461 g/mol. The molecule has 0 bridgehead atoms. The molecule has 0 aliphatic heterocycles. The number of amides is 1. The summed E-state index contributed by atoms with van der Waals surface area (Å²) in [6.07, 6.45) is 5.20. The van der Waals surface area contributed by atoms with Crippen LogP contribution in [0.25, 0.3) is 5.82 Å². The van der Waals surface area contributed by atoms with Gasteiger partial charge in [-0.05, 0) is 37.1 Å². The summed E-state index contributed by atoms with van der Waals surface area (Å²) in [4.78, 5) is 16.6. The van der Waals surface area contributed by atoms with Gasteiger partial charge in [-0.15, -0.1) is 5.10 Å². The fourth-order valence-corrected chi connectivity index (χ4v) is 4.46. The Balaban J connectivity index is 1.46. The number of rotatable bonds is 7. The zero-order valence-corrected chi connectivity index (χ0v) is 18.4. The van der Waals surface area contributed by atoms with Crippen LogP contribution in [0.5, 0.6) is 5.88 Å². The molecule has 1 aromatic carbocycles. The quantitative estimate of drug-likeness (QED) is 0.540. The Morgan fingerprint density at radius 1 is 1.19 bits per heavy atom. The Labute approximate surface area is 185 Å². The van der Waals surface area contributed by atoms with Crippen molar-refractivity contribution in [1.29, 1.82) is 0 Å². The number of hydrogen-bond donors (Lipinski definition) is 1. The van der Waals surface area contributed by atoms with E-state index in [-0.39, 0.29) is 21.0 Å². The van der Waals surface area contributed by atoms with Crippen molar-refractivity contribution in [1.82, 2.24) is 19.5 Å². The predicted octanol–water partition coefficient (Wildman–Crippen LogP) is 3.61. The van der Waals surface area contributed by atoms with Crippen LogP contribution in [0.1, 0.15) is 36.5 Å². The van der Waals surface area contributed by atoms with Crippen molar-refractivity contribution in [2.75, 3.05) is 6.61 Å². The molecule has 1 saturated carbocycles. The van der Waals surface area contributed by atoms with Gasteiger partial charge in [0.2, 0.25) is 5.88 Å². The molecule has 1 N–H and O–H groups in total. The van der Waals surface area contributed by atoms with Crippen LogP contribution < -0.4 is 9.46 Å². The monoisotopic (exact) mass is 460 g/mol.